The van der Waals surface area contributed by atoms with Gasteiger partial charge in [-0.1, -0.05) is 6.07 Å². The highest BCUT2D eigenvalue weighted by atomic mass is 32.2. The molecule has 2 aromatic rings. The number of piperidine rings is 1. The van der Waals surface area contributed by atoms with Crippen molar-refractivity contribution in [3.8, 4) is 0 Å². The molecule has 1 aromatic heterocycles. The minimum atomic E-state index is -3.53. The van der Waals surface area contributed by atoms with E-state index in [1.165, 1.54) is 0 Å². The number of pyridine rings is 1. The predicted molar refractivity (Wildman–Crippen MR) is 91.6 cm³/mol. The summed E-state index contributed by atoms with van der Waals surface area (Å²) in [7, 11) is -3.53. The zero-order chi connectivity index (χ0) is 16.6. The first-order valence-electron chi connectivity index (χ1n) is 8.01. The molecule has 5 nitrogen and oxygen atoms in total. The van der Waals surface area contributed by atoms with Crippen molar-refractivity contribution in [2.45, 2.75) is 37.6 Å². The number of aryl methyl sites for hydroxylation is 1. The Morgan fingerprint density at radius 3 is 2.87 bits per heavy atom. The second-order valence-electron chi connectivity index (χ2n) is 6.40. The van der Waals surface area contributed by atoms with Gasteiger partial charge in [-0.2, -0.15) is 4.31 Å². The standard InChI is InChI=1S/C17H23N3O2S/c1-12-7-8-16(15-6-3-9-19-17(12)15)23(21,22)20-10-4-5-14(11-20)13(2)18/h3,6-9,13-14H,4-5,10-11,18H2,1-2H3/t13-,14+/m0/s1. The van der Waals surface area contributed by atoms with E-state index < -0.39 is 10.0 Å². The van der Waals surface area contributed by atoms with Gasteiger partial charge in [0.05, 0.1) is 10.4 Å². The van der Waals surface area contributed by atoms with E-state index in [0.717, 1.165) is 23.9 Å². The molecule has 0 saturated carbocycles. The third-order valence-corrected chi connectivity index (χ3v) is 6.64. The number of hydrogen-bond donors (Lipinski definition) is 1. The molecule has 0 amide bonds. The second-order valence-corrected chi connectivity index (χ2v) is 8.31. The van der Waals surface area contributed by atoms with Crippen LogP contribution in [0.5, 0.6) is 0 Å². The molecule has 3 rings (SSSR count). The molecule has 0 aliphatic carbocycles. The largest absolute Gasteiger partial charge is 0.328 e. The minimum Gasteiger partial charge on any atom is -0.328 e. The van der Waals surface area contributed by atoms with Crippen molar-refractivity contribution >= 4 is 20.9 Å². The van der Waals surface area contributed by atoms with Gasteiger partial charge in [-0.25, -0.2) is 8.42 Å². The van der Waals surface area contributed by atoms with Crippen molar-refractivity contribution in [3.63, 3.8) is 0 Å². The maximum Gasteiger partial charge on any atom is 0.243 e. The van der Waals surface area contributed by atoms with Crippen LogP contribution in [0.4, 0.5) is 0 Å². The third-order valence-electron chi connectivity index (χ3n) is 4.71. The number of fused-ring (bicyclic) bond motifs is 1. The fourth-order valence-corrected chi connectivity index (χ4v) is 4.99. The van der Waals surface area contributed by atoms with Crippen LogP contribution in [0, 0.1) is 12.8 Å². The van der Waals surface area contributed by atoms with E-state index in [4.69, 9.17) is 5.73 Å². The summed E-state index contributed by atoms with van der Waals surface area (Å²) in [6, 6.07) is 7.14. The topological polar surface area (TPSA) is 76.3 Å². The number of nitrogens with two attached hydrogens (primary N) is 1. The number of nitrogens with zero attached hydrogens (tertiary/aromatic N) is 2. The van der Waals surface area contributed by atoms with Gasteiger partial charge in [-0.3, -0.25) is 4.98 Å². The fraction of sp³-hybridized carbons (Fsp3) is 0.471. The Morgan fingerprint density at radius 1 is 1.35 bits per heavy atom. The summed E-state index contributed by atoms with van der Waals surface area (Å²) < 4.78 is 27.9. The number of rotatable bonds is 3. The highest BCUT2D eigenvalue weighted by molar-refractivity contribution is 7.89. The first-order valence-corrected chi connectivity index (χ1v) is 9.45. The molecule has 2 N–H and O–H groups in total. The van der Waals surface area contributed by atoms with Crippen LogP contribution < -0.4 is 5.73 Å². The Morgan fingerprint density at radius 2 is 2.13 bits per heavy atom. The van der Waals surface area contributed by atoms with Crippen LogP contribution in [0.2, 0.25) is 0 Å². The van der Waals surface area contributed by atoms with E-state index in [1.807, 2.05) is 26.0 Å². The maximum absolute atomic E-state index is 13.1. The van der Waals surface area contributed by atoms with Crippen LogP contribution in [0.1, 0.15) is 25.3 Å². The lowest BCUT2D eigenvalue weighted by Gasteiger charge is -2.34. The molecule has 23 heavy (non-hydrogen) atoms. The van der Waals surface area contributed by atoms with Crippen molar-refractivity contribution in [3.05, 3.63) is 36.0 Å². The summed E-state index contributed by atoms with van der Waals surface area (Å²) in [5.41, 5.74) is 7.71. The maximum atomic E-state index is 13.1. The molecule has 6 heteroatoms. The molecule has 2 heterocycles. The van der Waals surface area contributed by atoms with Crippen molar-refractivity contribution in [2.75, 3.05) is 13.1 Å². The number of benzene rings is 1. The number of sulfonamides is 1. The molecule has 1 aliphatic heterocycles. The van der Waals surface area contributed by atoms with Crippen LogP contribution in [0.25, 0.3) is 10.9 Å². The van der Waals surface area contributed by atoms with Crippen LogP contribution >= 0.6 is 0 Å². The fourth-order valence-electron chi connectivity index (χ4n) is 3.27. The van der Waals surface area contributed by atoms with E-state index in [-0.39, 0.29) is 12.0 Å². The molecule has 1 aliphatic rings. The second kappa shape index (κ2) is 6.19. The van der Waals surface area contributed by atoms with Crippen molar-refractivity contribution in [2.24, 2.45) is 11.7 Å². The summed E-state index contributed by atoms with van der Waals surface area (Å²) >= 11 is 0. The minimum absolute atomic E-state index is 0.00410. The zero-order valence-corrected chi connectivity index (χ0v) is 14.4. The molecule has 0 unspecified atom stereocenters. The van der Waals surface area contributed by atoms with Gasteiger partial charge in [0.15, 0.2) is 0 Å². The first kappa shape index (κ1) is 16.4. The van der Waals surface area contributed by atoms with Crippen molar-refractivity contribution in [1.29, 1.82) is 0 Å². The zero-order valence-electron chi connectivity index (χ0n) is 13.6. The van der Waals surface area contributed by atoms with E-state index in [2.05, 4.69) is 4.98 Å². The molecule has 1 fully saturated rings. The van der Waals surface area contributed by atoms with Crippen LogP contribution in [-0.4, -0.2) is 36.8 Å². The Balaban J connectivity index is 2.05. The summed E-state index contributed by atoms with van der Waals surface area (Å²) in [5, 5.41) is 0.690. The van der Waals surface area contributed by atoms with Gasteiger partial charge in [-0.15, -0.1) is 0 Å². The Bertz CT molecular complexity index is 818. The molecule has 0 spiro atoms. The highest BCUT2D eigenvalue weighted by Gasteiger charge is 2.32. The van der Waals surface area contributed by atoms with Crippen molar-refractivity contribution < 1.29 is 8.42 Å². The Hall–Kier alpha value is -1.50. The quantitative estimate of drug-likeness (QED) is 0.935. The monoisotopic (exact) mass is 333 g/mol. The van der Waals surface area contributed by atoms with E-state index >= 15 is 0 Å². The third kappa shape index (κ3) is 2.98. The van der Waals surface area contributed by atoms with E-state index in [1.54, 1.807) is 22.6 Å². The molecule has 1 saturated heterocycles. The highest BCUT2D eigenvalue weighted by Crippen LogP contribution is 2.30. The summed E-state index contributed by atoms with van der Waals surface area (Å²) in [4.78, 5) is 4.68. The molecule has 2 atom stereocenters. The van der Waals surface area contributed by atoms with Crippen LogP contribution in [0.3, 0.4) is 0 Å². The van der Waals surface area contributed by atoms with Gasteiger partial charge in [0.2, 0.25) is 10.0 Å². The average molecular weight is 333 g/mol. The Labute approximate surface area is 137 Å². The molecule has 0 bridgehead atoms. The lowest BCUT2D eigenvalue weighted by atomic mass is 9.93. The van der Waals surface area contributed by atoms with Gasteiger partial charge < -0.3 is 5.73 Å². The van der Waals surface area contributed by atoms with E-state index in [9.17, 15) is 8.42 Å². The van der Waals surface area contributed by atoms with Crippen molar-refractivity contribution in [1.82, 2.24) is 9.29 Å². The molecule has 0 radical (unpaired) electrons. The SMILES string of the molecule is Cc1ccc(S(=O)(=O)N2CCC[C@@H]([C@H](C)N)C2)c2cccnc12. The molecular formula is C17H23N3O2S. The summed E-state index contributed by atoms with van der Waals surface area (Å²) in [5.74, 6) is 0.216. The lowest BCUT2D eigenvalue weighted by molar-refractivity contribution is 0.243. The molecule has 1 aromatic carbocycles. The van der Waals surface area contributed by atoms with Gasteiger partial charge in [0.25, 0.3) is 0 Å². The van der Waals surface area contributed by atoms with Crippen LogP contribution in [-0.2, 0) is 10.0 Å². The molecular weight excluding hydrogens is 310 g/mol. The van der Waals surface area contributed by atoms with E-state index in [0.29, 0.717) is 23.4 Å². The predicted octanol–water partition coefficient (Wildman–Crippen LogP) is 2.29. The van der Waals surface area contributed by atoms with Gasteiger partial charge in [-0.05, 0) is 56.4 Å². The first-order chi connectivity index (χ1) is 10.9. The van der Waals surface area contributed by atoms with Gasteiger partial charge in [0, 0.05) is 30.7 Å². The molecule has 124 valence electrons. The average Bonchev–Trinajstić information content (AvgIpc) is 2.55. The summed E-state index contributed by atoms with van der Waals surface area (Å²) in [6.45, 7) is 4.95. The van der Waals surface area contributed by atoms with Gasteiger partial charge in [0.1, 0.15) is 0 Å². The number of hydrogen-bond acceptors (Lipinski definition) is 4. The lowest BCUT2D eigenvalue weighted by Crippen LogP contribution is -2.45. The van der Waals surface area contributed by atoms with Crippen LogP contribution in [0.15, 0.2) is 35.4 Å². The smallest absolute Gasteiger partial charge is 0.243 e. The normalized spacial score (nSPS) is 21.4. The Kier molecular flexibility index (Phi) is 4.40. The van der Waals surface area contributed by atoms with Gasteiger partial charge >= 0.3 is 0 Å². The number of aromatic nitrogens is 1. The summed E-state index contributed by atoms with van der Waals surface area (Å²) in [6.07, 6.45) is 3.53.